The Balaban J connectivity index is 1.85. The average molecular weight is 373 g/mol. The maximum absolute atomic E-state index is 13.5. The van der Waals surface area contributed by atoms with Crippen LogP contribution in [-0.4, -0.2) is 53.7 Å². The van der Waals surface area contributed by atoms with Gasteiger partial charge in [-0.25, -0.2) is 0 Å². The van der Waals surface area contributed by atoms with Crippen LogP contribution in [0.3, 0.4) is 0 Å². The van der Waals surface area contributed by atoms with Gasteiger partial charge in [0.15, 0.2) is 0 Å². The van der Waals surface area contributed by atoms with Crippen molar-refractivity contribution < 1.29 is 18.8 Å². The monoisotopic (exact) mass is 373 g/mol. The van der Waals surface area contributed by atoms with Crippen LogP contribution < -0.4 is 5.32 Å². The maximum Gasteiger partial charge on any atom is 0.248 e. The van der Waals surface area contributed by atoms with Gasteiger partial charge in [-0.1, -0.05) is 0 Å². The van der Waals surface area contributed by atoms with Gasteiger partial charge in [0.05, 0.1) is 12.2 Å². The summed E-state index contributed by atoms with van der Waals surface area (Å²) in [4.78, 5) is 43.1. The van der Waals surface area contributed by atoms with Gasteiger partial charge in [0, 0.05) is 26.6 Å². The van der Waals surface area contributed by atoms with Crippen LogP contribution in [0.25, 0.3) is 0 Å². The first-order chi connectivity index (χ1) is 13.0. The Kier molecular flexibility index (Phi) is 4.48. The smallest absolute Gasteiger partial charge is 0.248 e. The second kappa shape index (κ2) is 6.69. The van der Waals surface area contributed by atoms with Crippen LogP contribution in [0.2, 0.25) is 0 Å². The lowest BCUT2D eigenvalue weighted by Gasteiger charge is -2.40. The molecule has 146 valence electrons. The summed E-state index contributed by atoms with van der Waals surface area (Å²) >= 11 is 0. The Hall–Kier alpha value is -2.31. The minimum Gasteiger partial charge on any atom is -0.467 e. The predicted octanol–water partition coefficient (Wildman–Crippen LogP) is 1.71. The molecule has 1 saturated carbocycles. The number of rotatable bonds is 3. The SMILES string of the molecule is CNC(=O)[C@H]1C[C@]2(CCCCN(C)C2=O)N(C(=O)C2CC2)[C@H]1c1ccco1. The Morgan fingerprint density at radius 2 is 2.07 bits per heavy atom. The lowest BCUT2D eigenvalue weighted by Crippen LogP contribution is -2.57. The first kappa shape index (κ1) is 18.1. The van der Waals surface area contributed by atoms with E-state index in [9.17, 15) is 14.4 Å². The molecule has 2 aliphatic heterocycles. The summed E-state index contributed by atoms with van der Waals surface area (Å²) in [7, 11) is 3.39. The Bertz CT molecular complexity index is 742. The molecule has 27 heavy (non-hydrogen) atoms. The molecule has 0 unspecified atom stereocenters. The van der Waals surface area contributed by atoms with Crippen molar-refractivity contribution in [1.29, 1.82) is 0 Å². The van der Waals surface area contributed by atoms with E-state index < -0.39 is 17.5 Å². The van der Waals surface area contributed by atoms with E-state index in [0.717, 1.165) is 25.7 Å². The summed E-state index contributed by atoms with van der Waals surface area (Å²) in [6, 6.07) is 3.03. The molecule has 3 fully saturated rings. The van der Waals surface area contributed by atoms with E-state index in [4.69, 9.17) is 4.42 Å². The molecule has 0 aromatic carbocycles. The zero-order chi connectivity index (χ0) is 19.2. The van der Waals surface area contributed by atoms with Crippen molar-refractivity contribution in [1.82, 2.24) is 15.1 Å². The van der Waals surface area contributed by atoms with E-state index in [2.05, 4.69) is 5.32 Å². The van der Waals surface area contributed by atoms with E-state index in [1.165, 1.54) is 0 Å². The standard InChI is InChI=1S/C20H27N3O4/c1-21-17(24)14-12-20(9-3-4-10-22(2)19(20)26)23(18(25)13-7-8-13)16(14)15-6-5-11-27-15/h5-6,11,13-14,16H,3-4,7-10,12H2,1-2H3,(H,21,24)/t14-,16+,20-/m0/s1. The lowest BCUT2D eigenvalue weighted by molar-refractivity contribution is -0.153. The predicted molar refractivity (Wildman–Crippen MR) is 97.4 cm³/mol. The molecule has 1 N–H and O–H groups in total. The zero-order valence-electron chi connectivity index (χ0n) is 15.9. The van der Waals surface area contributed by atoms with E-state index in [1.807, 2.05) is 0 Å². The number of furan rings is 1. The highest BCUT2D eigenvalue weighted by atomic mass is 16.3. The maximum atomic E-state index is 13.5. The van der Waals surface area contributed by atoms with Gasteiger partial charge in [-0.15, -0.1) is 0 Å². The molecule has 7 heteroatoms. The molecule has 1 aromatic rings. The van der Waals surface area contributed by atoms with Crippen LogP contribution in [0.4, 0.5) is 0 Å². The fraction of sp³-hybridized carbons (Fsp3) is 0.650. The average Bonchev–Trinajstić information content (AvgIpc) is 3.30. The van der Waals surface area contributed by atoms with Gasteiger partial charge in [-0.05, 0) is 50.7 Å². The number of nitrogens with zero attached hydrogens (tertiary/aromatic N) is 2. The molecule has 1 spiro atoms. The van der Waals surface area contributed by atoms with Crippen molar-refractivity contribution in [3.63, 3.8) is 0 Å². The highest BCUT2D eigenvalue weighted by Gasteiger charge is 2.62. The molecule has 2 saturated heterocycles. The Labute approximate surface area is 159 Å². The van der Waals surface area contributed by atoms with E-state index in [1.54, 1.807) is 42.3 Å². The third-order valence-electron chi connectivity index (χ3n) is 6.34. The van der Waals surface area contributed by atoms with Crippen LogP contribution in [0.15, 0.2) is 22.8 Å². The van der Waals surface area contributed by atoms with Gasteiger partial charge in [0.1, 0.15) is 17.3 Å². The van der Waals surface area contributed by atoms with Crippen LogP contribution in [0, 0.1) is 11.8 Å². The molecule has 3 atom stereocenters. The van der Waals surface area contributed by atoms with Crippen LogP contribution in [0.5, 0.6) is 0 Å². The van der Waals surface area contributed by atoms with Crippen molar-refractivity contribution in [3.8, 4) is 0 Å². The number of amides is 3. The number of nitrogens with one attached hydrogen (secondary N) is 1. The molecule has 3 amide bonds. The molecule has 0 bridgehead atoms. The molecule has 1 aliphatic carbocycles. The van der Waals surface area contributed by atoms with Gasteiger partial charge >= 0.3 is 0 Å². The van der Waals surface area contributed by atoms with Crippen LogP contribution in [0.1, 0.15) is 50.3 Å². The van der Waals surface area contributed by atoms with Crippen LogP contribution in [-0.2, 0) is 14.4 Å². The third kappa shape index (κ3) is 2.84. The first-order valence-corrected chi connectivity index (χ1v) is 9.83. The minimum absolute atomic E-state index is 0.00791. The number of carbonyl (C=O) groups is 3. The Morgan fingerprint density at radius 1 is 1.30 bits per heavy atom. The minimum atomic E-state index is -0.959. The van der Waals surface area contributed by atoms with Crippen molar-refractivity contribution in [3.05, 3.63) is 24.2 Å². The van der Waals surface area contributed by atoms with Gasteiger partial charge in [-0.2, -0.15) is 0 Å². The fourth-order valence-corrected chi connectivity index (χ4v) is 4.84. The summed E-state index contributed by atoms with van der Waals surface area (Å²) in [5, 5.41) is 2.72. The second-order valence-corrected chi connectivity index (χ2v) is 8.08. The van der Waals surface area contributed by atoms with Crippen molar-refractivity contribution in [2.45, 2.75) is 50.1 Å². The summed E-state index contributed by atoms with van der Waals surface area (Å²) in [5.74, 6) is -0.164. The zero-order valence-corrected chi connectivity index (χ0v) is 15.9. The molecular weight excluding hydrogens is 346 g/mol. The molecule has 3 heterocycles. The largest absolute Gasteiger partial charge is 0.467 e. The quantitative estimate of drug-likeness (QED) is 0.874. The fourth-order valence-electron chi connectivity index (χ4n) is 4.84. The van der Waals surface area contributed by atoms with E-state index in [0.29, 0.717) is 25.1 Å². The van der Waals surface area contributed by atoms with Gasteiger partial charge in [0.25, 0.3) is 0 Å². The molecule has 3 aliphatic rings. The highest BCUT2D eigenvalue weighted by molar-refractivity contribution is 5.96. The highest BCUT2D eigenvalue weighted by Crippen LogP contribution is 2.52. The van der Waals surface area contributed by atoms with Gasteiger partial charge in [0.2, 0.25) is 17.7 Å². The van der Waals surface area contributed by atoms with Crippen molar-refractivity contribution in [2.24, 2.45) is 11.8 Å². The molecule has 0 radical (unpaired) electrons. The number of hydrogen-bond donors (Lipinski definition) is 1. The molecule has 4 rings (SSSR count). The van der Waals surface area contributed by atoms with E-state index in [-0.39, 0.29) is 23.6 Å². The topological polar surface area (TPSA) is 82.9 Å². The summed E-state index contributed by atoms with van der Waals surface area (Å²) in [5.41, 5.74) is -0.959. The van der Waals surface area contributed by atoms with E-state index >= 15 is 0 Å². The lowest BCUT2D eigenvalue weighted by atomic mass is 9.85. The Morgan fingerprint density at radius 3 is 2.70 bits per heavy atom. The van der Waals surface area contributed by atoms with Gasteiger partial charge in [-0.3, -0.25) is 14.4 Å². The van der Waals surface area contributed by atoms with Crippen LogP contribution >= 0.6 is 0 Å². The first-order valence-electron chi connectivity index (χ1n) is 9.83. The van der Waals surface area contributed by atoms with Crippen molar-refractivity contribution in [2.75, 3.05) is 20.6 Å². The van der Waals surface area contributed by atoms with Crippen molar-refractivity contribution >= 4 is 17.7 Å². The molecule has 1 aromatic heterocycles. The normalized spacial score (nSPS) is 31.3. The third-order valence-corrected chi connectivity index (χ3v) is 6.34. The number of hydrogen-bond acceptors (Lipinski definition) is 4. The number of carbonyl (C=O) groups excluding carboxylic acids is 3. The molecular formula is C20H27N3O4. The summed E-state index contributed by atoms with van der Waals surface area (Å²) < 4.78 is 5.65. The molecule has 7 nitrogen and oxygen atoms in total. The summed E-state index contributed by atoms with van der Waals surface area (Å²) in [6.45, 7) is 0.683. The summed E-state index contributed by atoms with van der Waals surface area (Å²) in [6.07, 6.45) is 5.97. The second-order valence-electron chi connectivity index (χ2n) is 8.08. The number of likely N-dealkylation sites (N-methyl/N-ethyl adjacent to an activating group) is 1. The van der Waals surface area contributed by atoms with Gasteiger partial charge < -0.3 is 19.5 Å². The number of likely N-dealkylation sites (tertiary alicyclic amines) is 2.